The third kappa shape index (κ3) is 1.63. The van der Waals surface area contributed by atoms with E-state index in [2.05, 4.69) is 15.3 Å². The average molecular weight is 286 g/mol. The molecule has 4 rings (SSSR count). The Balaban J connectivity index is 1.75. The van der Waals surface area contributed by atoms with Crippen molar-refractivity contribution in [1.82, 2.24) is 19.8 Å². The summed E-state index contributed by atoms with van der Waals surface area (Å²) in [4.78, 5) is 12.7. The Morgan fingerprint density at radius 2 is 2.20 bits per heavy atom. The highest BCUT2D eigenvalue weighted by atomic mass is 32.1. The molecule has 1 aliphatic rings. The zero-order valence-corrected chi connectivity index (χ0v) is 11.4. The Morgan fingerprint density at radius 1 is 1.35 bits per heavy atom. The Hall–Kier alpha value is -2.28. The monoisotopic (exact) mass is 286 g/mol. The van der Waals surface area contributed by atoms with Crippen molar-refractivity contribution in [2.75, 3.05) is 0 Å². The standard InChI is InChI=1S/C13H10N4O2S/c1-7-14-15-13-17(7)16-11(20-13)10-6-8-4-2-3-5-9(8)12(18)19-10/h2-5,10H,6H2,1H3. The van der Waals surface area contributed by atoms with Gasteiger partial charge in [0.05, 0.1) is 5.56 Å². The number of fused-ring (bicyclic) bond motifs is 2. The van der Waals surface area contributed by atoms with E-state index in [0.29, 0.717) is 16.9 Å². The summed E-state index contributed by atoms with van der Waals surface area (Å²) in [5.41, 5.74) is 1.64. The number of rotatable bonds is 1. The molecular formula is C13H10N4O2S. The van der Waals surface area contributed by atoms with Gasteiger partial charge in [-0.15, -0.1) is 10.2 Å². The van der Waals surface area contributed by atoms with E-state index in [-0.39, 0.29) is 12.1 Å². The number of hydrogen-bond acceptors (Lipinski definition) is 6. The van der Waals surface area contributed by atoms with Crippen molar-refractivity contribution in [1.29, 1.82) is 0 Å². The van der Waals surface area contributed by atoms with Crippen molar-refractivity contribution in [3.63, 3.8) is 0 Å². The molecule has 100 valence electrons. The number of ether oxygens (including phenoxy) is 1. The smallest absolute Gasteiger partial charge is 0.339 e. The summed E-state index contributed by atoms with van der Waals surface area (Å²) in [6.45, 7) is 1.84. The van der Waals surface area contributed by atoms with E-state index in [4.69, 9.17) is 4.74 Å². The molecule has 3 aromatic rings. The number of hydrogen-bond donors (Lipinski definition) is 0. The highest BCUT2D eigenvalue weighted by Gasteiger charge is 2.30. The summed E-state index contributed by atoms with van der Waals surface area (Å²) in [6.07, 6.45) is 0.300. The Bertz CT molecular complexity index is 823. The quantitative estimate of drug-likeness (QED) is 0.639. The van der Waals surface area contributed by atoms with Crippen LogP contribution in [0.3, 0.4) is 0 Å². The topological polar surface area (TPSA) is 69.4 Å². The fourth-order valence-corrected chi connectivity index (χ4v) is 3.24. The van der Waals surface area contributed by atoms with Gasteiger partial charge in [0.15, 0.2) is 16.9 Å². The Kier molecular flexibility index (Phi) is 2.37. The average Bonchev–Trinajstić information content (AvgIpc) is 3.02. The summed E-state index contributed by atoms with van der Waals surface area (Å²) in [6, 6.07) is 7.51. The van der Waals surface area contributed by atoms with Gasteiger partial charge in [-0.05, 0) is 18.6 Å². The molecule has 1 atom stereocenters. The summed E-state index contributed by atoms with van der Waals surface area (Å²) in [7, 11) is 0. The zero-order chi connectivity index (χ0) is 13.7. The molecule has 0 amide bonds. The third-order valence-corrected chi connectivity index (χ3v) is 4.32. The summed E-state index contributed by atoms with van der Waals surface area (Å²) < 4.78 is 7.16. The van der Waals surface area contributed by atoms with Gasteiger partial charge in [0.2, 0.25) is 4.96 Å². The van der Waals surface area contributed by atoms with Gasteiger partial charge in [0, 0.05) is 6.42 Å². The zero-order valence-electron chi connectivity index (χ0n) is 10.6. The van der Waals surface area contributed by atoms with Gasteiger partial charge >= 0.3 is 5.97 Å². The Labute approximate surface area is 118 Å². The molecule has 0 fully saturated rings. The van der Waals surface area contributed by atoms with Gasteiger partial charge in [0.25, 0.3) is 0 Å². The lowest BCUT2D eigenvalue weighted by Crippen LogP contribution is -2.21. The minimum atomic E-state index is -0.344. The normalized spacial score (nSPS) is 18.1. The number of esters is 1. The fourth-order valence-electron chi connectivity index (χ4n) is 2.33. The van der Waals surface area contributed by atoms with E-state index in [1.54, 1.807) is 10.6 Å². The van der Waals surface area contributed by atoms with E-state index < -0.39 is 0 Å². The van der Waals surface area contributed by atoms with Gasteiger partial charge < -0.3 is 4.74 Å². The van der Waals surface area contributed by atoms with Gasteiger partial charge in [-0.2, -0.15) is 9.61 Å². The van der Waals surface area contributed by atoms with Crippen molar-refractivity contribution in [3.8, 4) is 0 Å². The number of cyclic esters (lactones) is 1. The number of aryl methyl sites for hydroxylation is 1. The molecule has 0 radical (unpaired) electrons. The van der Waals surface area contributed by atoms with Gasteiger partial charge in [-0.25, -0.2) is 4.79 Å². The lowest BCUT2D eigenvalue weighted by Gasteiger charge is -2.22. The molecular weight excluding hydrogens is 276 g/mol. The lowest BCUT2D eigenvalue weighted by atomic mass is 9.99. The van der Waals surface area contributed by atoms with E-state index in [9.17, 15) is 4.79 Å². The first-order valence-corrected chi connectivity index (χ1v) is 7.01. The molecule has 7 heteroatoms. The van der Waals surface area contributed by atoms with Gasteiger partial charge in [-0.3, -0.25) is 0 Å². The molecule has 0 bridgehead atoms. The summed E-state index contributed by atoms with van der Waals surface area (Å²) in [5.74, 6) is 0.435. The molecule has 0 aliphatic carbocycles. The molecule has 2 aromatic heterocycles. The largest absolute Gasteiger partial charge is 0.451 e. The minimum absolute atomic E-state index is 0.292. The molecule has 1 aromatic carbocycles. The molecule has 20 heavy (non-hydrogen) atoms. The van der Waals surface area contributed by atoms with Gasteiger partial charge in [0.1, 0.15) is 0 Å². The maximum absolute atomic E-state index is 12.0. The first-order chi connectivity index (χ1) is 9.72. The van der Waals surface area contributed by atoms with E-state index >= 15 is 0 Å². The van der Waals surface area contributed by atoms with E-state index in [0.717, 1.165) is 16.4 Å². The SMILES string of the molecule is Cc1nnc2sc(C3Cc4ccccc4C(=O)O3)nn12. The first-order valence-electron chi connectivity index (χ1n) is 6.20. The Morgan fingerprint density at radius 3 is 3.05 bits per heavy atom. The molecule has 0 saturated carbocycles. The van der Waals surface area contributed by atoms with Crippen molar-refractivity contribution in [2.45, 2.75) is 19.4 Å². The number of carbonyl (C=O) groups excluding carboxylic acids is 1. The summed E-state index contributed by atoms with van der Waals surface area (Å²) >= 11 is 1.40. The second kappa shape index (κ2) is 4.11. The second-order valence-electron chi connectivity index (χ2n) is 4.64. The molecule has 1 unspecified atom stereocenters. The van der Waals surface area contributed by atoms with Crippen LogP contribution in [0, 0.1) is 6.92 Å². The van der Waals surface area contributed by atoms with Crippen LogP contribution in [0.15, 0.2) is 24.3 Å². The first kappa shape index (κ1) is 11.5. The molecule has 0 N–H and O–H groups in total. The third-order valence-electron chi connectivity index (χ3n) is 3.33. The van der Waals surface area contributed by atoms with Crippen LogP contribution in [-0.4, -0.2) is 25.8 Å². The summed E-state index contributed by atoms with van der Waals surface area (Å²) in [5, 5.41) is 13.2. The van der Waals surface area contributed by atoms with Crippen LogP contribution in [0.1, 0.15) is 32.9 Å². The molecule has 0 saturated heterocycles. The van der Waals surface area contributed by atoms with Crippen molar-refractivity contribution < 1.29 is 9.53 Å². The molecule has 0 spiro atoms. The fraction of sp³-hybridized carbons (Fsp3) is 0.231. The second-order valence-corrected chi connectivity index (χ2v) is 5.62. The highest BCUT2D eigenvalue weighted by Crippen LogP contribution is 2.32. The lowest BCUT2D eigenvalue weighted by molar-refractivity contribution is 0.0250. The molecule has 3 heterocycles. The van der Waals surface area contributed by atoms with Crippen molar-refractivity contribution in [3.05, 3.63) is 46.2 Å². The van der Waals surface area contributed by atoms with Gasteiger partial charge in [-0.1, -0.05) is 29.5 Å². The van der Waals surface area contributed by atoms with Crippen LogP contribution in [0.25, 0.3) is 4.96 Å². The number of aromatic nitrogens is 4. The van der Waals surface area contributed by atoms with Crippen LogP contribution < -0.4 is 0 Å². The van der Waals surface area contributed by atoms with Crippen molar-refractivity contribution >= 4 is 22.3 Å². The van der Waals surface area contributed by atoms with Crippen molar-refractivity contribution in [2.24, 2.45) is 0 Å². The number of nitrogens with zero attached hydrogens (tertiary/aromatic N) is 4. The maximum Gasteiger partial charge on any atom is 0.339 e. The highest BCUT2D eigenvalue weighted by molar-refractivity contribution is 7.16. The van der Waals surface area contributed by atoms with Crippen LogP contribution >= 0.6 is 11.3 Å². The minimum Gasteiger partial charge on any atom is -0.451 e. The predicted molar refractivity (Wildman–Crippen MR) is 71.7 cm³/mol. The molecule has 6 nitrogen and oxygen atoms in total. The number of benzene rings is 1. The van der Waals surface area contributed by atoms with E-state index in [1.165, 1.54) is 11.3 Å². The predicted octanol–water partition coefficient (Wildman–Crippen LogP) is 1.95. The van der Waals surface area contributed by atoms with Crippen LogP contribution in [0.4, 0.5) is 0 Å². The number of carbonyl (C=O) groups is 1. The van der Waals surface area contributed by atoms with Crippen LogP contribution in [0.5, 0.6) is 0 Å². The van der Waals surface area contributed by atoms with Crippen LogP contribution in [0.2, 0.25) is 0 Å². The molecule has 1 aliphatic heterocycles. The maximum atomic E-state index is 12.0. The van der Waals surface area contributed by atoms with E-state index in [1.807, 2.05) is 25.1 Å². The van der Waals surface area contributed by atoms with Crippen LogP contribution in [-0.2, 0) is 11.2 Å².